The lowest BCUT2D eigenvalue weighted by Gasteiger charge is -2.11. The normalized spacial score (nSPS) is 14.1. The van der Waals surface area contributed by atoms with Gasteiger partial charge < -0.3 is 5.32 Å². The fourth-order valence-corrected chi connectivity index (χ4v) is 2.61. The predicted molar refractivity (Wildman–Crippen MR) is 54.2 cm³/mol. The zero-order valence-electron chi connectivity index (χ0n) is 7.91. The first-order chi connectivity index (χ1) is 6.97. The summed E-state index contributed by atoms with van der Waals surface area (Å²) in [7, 11) is 0. The Hall–Kier alpha value is -0.340. The van der Waals surface area contributed by atoms with Gasteiger partial charge in [-0.05, 0) is 0 Å². The molecule has 0 aliphatic rings. The molecule has 0 amide bonds. The van der Waals surface area contributed by atoms with E-state index in [4.69, 9.17) is 0 Å². The standard InChI is InChI=1S/C7H10F3N3S2/c1-5(2-11-3-7(8,9)10)15-6-13-12-4-14-6/h4-5,11H,2-3H2,1H3. The van der Waals surface area contributed by atoms with Crippen molar-refractivity contribution in [1.82, 2.24) is 15.5 Å². The molecule has 0 aromatic carbocycles. The molecule has 0 aliphatic carbocycles. The van der Waals surface area contributed by atoms with Gasteiger partial charge in [-0.2, -0.15) is 13.2 Å². The number of nitrogens with zero attached hydrogens (tertiary/aromatic N) is 2. The Labute approximate surface area is 93.5 Å². The van der Waals surface area contributed by atoms with Crippen molar-refractivity contribution >= 4 is 23.1 Å². The number of thioether (sulfide) groups is 1. The van der Waals surface area contributed by atoms with Crippen molar-refractivity contribution in [3.8, 4) is 0 Å². The van der Waals surface area contributed by atoms with E-state index in [-0.39, 0.29) is 5.25 Å². The summed E-state index contributed by atoms with van der Waals surface area (Å²) in [5.74, 6) is 0. The summed E-state index contributed by atoms with van der Waals surface area (Å²) in [4.78, 5) is 0. The summed E-state index contributed by atoms with van der Waals surface area (Å²) in [5.41, 5.74) is 1.60. The first kappa shape index (κ1) is 12.7. The second-order valence-corrected chi connectivity index (χ2v) is 5.40. The Balaban J connectivity index is 2.17. The molecule has 1 atom stereocenters. The van der Waals surface area contributed by atoms with E-state index in [0.717, 1.165) is 4.34 Å². The van der Waals surface area contributed by atoms with Gasteiger partial charge in [0.25, 0.3) is 0 Å². The molecule has 1 heterocycles. The largest absolute Gasteiger partial charge is 0.401 e. The molecule has 86 valence electrons. The topological polar surface area (TPSA) is 37.8 Å². The fraction of sp³-hybridized carbons (Fsp3) is 0.714. The molecule has 1 N–H and O–H groups in total. The fourth-order valence-electron chi connectivity index (χ4n) is 0.845. The zero-order chi connectivity index (χ0) is 11.3. The molecular formula is C7H10F3N3S2. The highest BCUT2D eigenvalue weighted by Crippen LogP contribution is 2.23. The molecule has 15 heavy (non-hydrogen) atoms. The van der Waals surface area contributed by atoms with Crippen LogP contribution in [0.1, 0.15) is 6.92 Å². The van der Waals surface area contributed by atoms with Crippen LogP contribution in [0.4, 0.5) is 13.2 Å². The highest BCUT2D eigenvalue weighted by atomic mass is 32.2. The number of rotatable bonds is 5. The molecule has 3 nitrogen and oxygen atoms in total. The summed E-state index contributed by atoms with van der Waals surface area (Å²) in [5, 5.41) is 9.83. The quantitative estimate of drug-likeness (QED) is 0.820. The maximum absolute atomic E-state index is 11.8. The molecule has 0 radical (unpaired) electrons. The van der Waals surface area contributed by atoms with E-state index >= 15 is 0 Å². The van der Waals surface area contributed by atoms with Gasteiger partial charge in [0.2, 0.25) is 0 Å². The van der Waals surface area contributed by atoms with Gasteiger partial charge in [-0.15, -0.1) is 10.2 Å². The molecule has 0 bridgehead atoms. The first-order valence-corrected chi connectivity index (χ1v) is 5.93. The molecular weight excluding hydrogens is 247 g/mol. The highest BCUT2D eigenvalue weighted by Gasteiger charge is 2.26. The predicted octanol–water partition coefficient (Wildman–Crippen LogP) is 2.17. The van der Waals surface area contributed by atoms with Crippen LogP contribution in [0.25, 0.3) is 0 Å². The van der Waals surface area contributed by atoms with Gasteiger partial charge in [-0.25, -0.2) is 0 Å². The van der Waals surface area contributed by atoms with Crippen LogP contribution in [0.15, 0.2) is 9.85 Å². The van der Waals surface area contributed by atoms with Crippen molar-refractivity contribution in [2.45, 2.75) is 22.7 Å². The van der Waals surface area contributed by atoms with Crippen LogP contribution in [0, 0.1) is 0 Å². The number of hydrogen-bond acceptors (Lipinski definition) is 5. The smallest absolute Gasteiger partial charge is 0.308 e. The van der Waals surface area contributed by atoms with Gasteiger partial charge in [0.15, 0.2) is 4.34 Å². The van der Waals surface area contributed by atoms with Gasteiger partial charge >= 0.3 is 6.18 Å². The summed E-state index contributed by atoms with van der Waals surface area (Å²) >= 11 is 2.80. The van der Waals surface area contributed by atoms with Crippen LogP contribution < -0.4 is 5.32 Å². The minimum absolute atomic E-state index is 0.0419. The second-order valence-electron chi connectivity index (χ2n) is 2.88. The Morgan fingerprint density at radius 3 is 2.87 bits per heavy atom. The Morgan fingerprint density at radius 2 is 2.33 bits per heavy atom. The van der Waals surface area contributed by atoms with Gasteiger partial charge in [0.05, 0.1) is 6.54 Å². The van der Waals surface area contributed by atoms with E-state index in [2.05, 4.69) is 15.5 Å². The van der Waals surface area contributed by atoms with Crippen molar-refractivity contribution in [2.24, 2.45) is 0 Å². The molecule has 1 unspecified atom stereocenters. The van der Waals surface area contributed by atoms with E-state index in [1.165, 1.54) is 23.1 Å². The minimum Gasteiger partial charge on any atom is -0.308 e. The number of hydrogen-bond donors (Lipinski definition) is 1. The van der Waals surface area contributed by atoms with E-state index in [0.29, 0.717) is 6.54 Å². The van der Waals surface area contributed by atoms with Crippen molar-refractivity contribution in [3.63, 3.8) is 0 Å². The highest BCUT2D eigenvalue weighted by molar-refractivity contribution is 8.01. The molecule has 1 aromatic rings. The van der Waals surface area contributed by atoms with E-state index in [1.54, 1.807) is 5.51 Å². The molecule has 0 saturated carbocycles. The molecule has 0 spiro atoms. The molecule has 8 heteroatoms. The van der Waals surface area contributed by atoms with Crippen molar-refractivity contribution in [3.05, 3.63) is 5.51 Å². The molecule has 0 aliphatic heterocycles. The van der Waals surface area contributed by atoms with Gasteiger partial charge in [-0.3, -0.25) is 0 Å². The zero-order valence-corrected chi connectivity index (χ0v) is 9.55. The average molecular weight is 257 g/mol. The molecule has 1 aromatic heterocycles. The lowest BCUT2D eigenvalue weighted by Crippen LogP contribution is -2.32. The Bertz CT molecular complexity index is 276. The van der Waals surface area contributed by atoms with Crippen molar-refractivity contribution in [2.75, 3.05) is 13.1 Å². The van der Waals surface area contributed by atoms with Gasteiger partial charge in [0.1, 0.15) is 5.51 Å². The van der Waals surface area contributed by atoms with Crippen LogP contribution in [-0.2, 0) is 0 Å². The third-order valence-corrected chi connectivity index (χ3v) is 3.31. The second kappa shape index (κ2) is 5.66. The average Bonchev–Trinajstić information content (AvgIpc) is 2.54. The maximum Gasteiger partial charge on any atom is 0.401 e. The number of halogens is 3. The van der Waals surface area contributed by atoms with E-state index in [1.807, 2.05) is 6.92 Å². The SMILES string of the molecule is CC(CNCC(F)(F)F)Sc1nncs1. The van der Waals surface area contributed by atoms with Crippen LogP contribution in [0.5, 0.6) is 0 Å². The Kier molecular flexibility index (Phi) is 4.81. The van der Waals surface area contributed by atoms with Crippen LogP contribution in [0.2, 0.25) is 0 Å². The van der Waals surface area contributed by atoms with Crippen molar-refractivity contribution < 1.29 is 13.2 Å². The number of alkyl halides is 3. The van der Waals surface area contributed by atoms with E-state index < -0.39 is 12.7 Å². The number of aromatic nitrogens is 2. The summed E-state index contributed by atoms with van der Waals surface area (Å²) in [6.07, 6.45) is -4.15. The third kappa shape index (κ3) is 5.95. The molecule has 0 saturated heterocycles. The van der Waals surface area contributed by atoms with Crippen LogP contribution in [0.3, 0.4) is 0 Å². The summed E-state index contributed by atoms with van der Waals surface area (Å²) in [6.45, 7) is 1.19. The molecule has 1 rings (SSSR count). The lowest BCUT2D eigenvalue weighted by atomic mass is 10.4. The van der Waals surface area contributed by atoms with E-state index in [9.17, 15) is 13.2 Å². The summed E-state index contributed by atoms with van der Waals surface area (Å²) in [6, 6.07) is 0. The minimum atomic E-state index is -4.15. The number of nitrogens with one attached hydrogen (secondary N) is 1. The Morgan fingerprint density at radius 1 is 1.60 bits per heavy atom. The summed E-state index contributed by atoms with van der Waals surface area (Å²) < 4.78 is 36.2. The first-order valence-electron chi connectivity index (χ1n) is 4.17. The maximum atomic E-state index is 11.8. The lowest BCUT2D eigenvalue weighted by molar-refractivity contribution is -0.124. The van der Waals surface area contributed by atoms with Crippen LogP contribution >= 0.6 is 23.1 Å². The van der Waals surface area contributed by atoms with Gasteiger partial charge in [0, 0.05) is 11.8 Å². The van der Waals surface area contributed by atoms with Crippen LogP contribution in [-0.4, -0.2) is 34.7 Å². The van der Waals surface area contributed by atoms with Gasteiger partial charge in [-0.1, -0.05) is 30.0 Å². The third-order valence-electron chi connectivity index (χ3n) is 1.40. The van der Waals surface area contributed by atoms with Crippen molar-refractivity contribution in [1.29, 1.82) is 0 Å². The molecule has 0 fully saturated rings. The monoisotopic (exact) mass is 257 g/mol.